The van der Waals surface area contributed by atoms with Gasteiger partial charge in [-0.1, -0.05) is 4.40 Å². The Hall–Kier alpha value is 0.160. The summed E-state index contributed by atoms with van der Waals surface area (Å²) in [6.07, 6.45) is 0. The van der Waals surface area contributed by atoms with Crippen LogP contribution in [-0.2, 0) is 11.4 Å². The molecule has 0 saturated carbocycles. The van der Waals surface area contributed by atoms with Crippen LogP contribution in [0, 0.1) is 0 Å². The van der Waals surface area contributed by atoms with Gasteiger partial charge in [-0.05, 0) is 55.8 Å². The minimum Gasteiger partial charge on any atom is -0.591 e. The Labute approximate surface area is 106 Å². The van der Waals surface area contributed by atoms with E-state index in [4.69, 9.17) is 0 Å². The van der Waals surface area contributed by atoms with Crippen molar-refractivity contribution in [3.05, 3.63) is 20.8 Å². The van der Waals surface area contributed by atoms with Crippen molar-refractivity contribution < 1.29 is 4.55 Å². The molecule has 0 unspecified atom stereocenters. The first-order chi connectivity index (χ1) is 6.80. The number of thiophene rings is 1. The van der Waals surface area contributed by atoms with Crippen molar-refractivity contribution in [1.29, 1.82) is 0 Å². The lowest BCUT2D eigenvalue weighted by atomic mass is 10.3. The SMILES string of the molecule is CC(=N[S@+]([O-])C(C)(C)C)c1ccc(Br)s1. The van der Waals surface area contributed by atoms with Gasteiger partial charge in [-0.25, -0.2) is 0 Å². The molecule has 1 aromatic heterocycles. The minimum absolute atomic E-state index is 0.296. The van der Waals surface area contributed by atoms with E-state index >= 15 is 0 Å². The first-order valence-electron chi connectivity index (χ1n) is 4.53. The molecule has 0 spiro atoms. The Morgan fingerprint density at radius 3 is 2.47 bits per heavy atom. The molecule has 0 aliphatic heterocycles. The summed E-state index contributed by atoms with van der Waals surface area (Å²) in [7, 11) is 0. The van der Waals surface area contributed by atoms with Gasteiger partial charge in [0.05, 0.1) is 8.66 Å². The van der Waals surface area contributed by atoms with Crippen LogP contribution in [0.25, 0.3) is 0 Å². The third kappa shape index (κ3) is 3.90. The van der Waals surface area contributed by atoms with Gasteiger partial charge in [-0.2, -0.15) is 0 Å². The van der Waals surface area contributed by atoms with E-state index in [1.165, 1.54) is 0 Å². The Kier molecular flexibility index (Phi) is 4.40. The van der Waals surface area contributed by atoms with Gasteiger partial charge in [0.25, 0.3) is 0 Å². The molecule has 15 heavy (non-hydrogen) atoms. The normalized spacial score (nSPS) is 15.5. The second kappa shape index (κ2) is 4.99. The van der Waals surface area contributed by atoms with Crippen molar-refractivity contribution in [3.8, 4) is 0 Å². The summed E-state index contributed by atoms with van der Waals surface area (Å²) in [5.74, 6) is 0. The van der Waals surface area contributed by atoms with E-state index in [9.17, 15) is 4.55 Å². The van der Waals surface area contributed by atoms with Gasteiger partial charge >= 0.3 is 0 Å². The van der Waals surface area contributed by atoms with Crippen LogP contribution in [0.5, 0.6) is 0 Å². The quantitative estimate of drug-likeness (QED) is 0.605. The molecule has 1 rings (SSSR count). The van der Waals surface area contributed by atoms with Gasteiger partial charge in [0.2, 0.25) is 0 Å². The van der Waals surface area contributed by atoms with E-state index < -0.39 is 11.4 Å². The second-order valence-corrected chi connectivity index (χ2v) is 8.51. The van der Waals surface area contributed by atoms with Gasteiger partial charge in [0.15, 0.2) is 0 Å². The zero-order valence-electron chi connectivity index (χ0n) is 9.20. The lowest BCUT2D eigenvalue weighted by Gasteiger charge is -2.18. The molecule has 2 nitrogen and oxygen atoms in total. The maximum atomic E-state index is 11.8. The molecular weight excluding hydrogens is 294 g/mol. The molecule has 1 atom stereocenters. The number of halogens is 1. The lowest BCUT2D eigenvalue weighted by Crippen LogP contribution is -2.26. The van der Waals surface area contributed by atoms with E-state index in [2.05, 4.69) is 20.3 Å². The zero-order valence-corrected chi connectivity index (χ0v) is 12.4. The number of nitrogens with zero attached hydrogens (tertiary/aromatic N) is 1. The molecule has 0 amide bonds. The van der Waals surface area contributed by atoms with E-state index in [1.807, 2.05) is 39.8 Å². The molecular formula is C10H14BrNOS2. The van der Waals surface area contributed by atoms with Gasteiger partial charge in [0.1, 0.15) is 21.8 Å². The molecule has 0 radical (unpaired) electrons. The third-order valence-corrected chi connectivity index (χ3v) is 4.89. The number of hydrogen-bond donors (Lipinski definition) is 0. The fraction of sp³-hybridized carbons (Fsp3) is 0.500. The van der Waals surface area contributed by atoms with Crippen molar-refractivity contribution in [1.82, 2.24) is 0 Å². The van der Waals surface area contributed by atoms with Crippen LogP contribution in [-0.4, -0.2) is 15.0 Å². The third-order valence-electron chi connectivity index (χ3n) is 1.67. The highest BCUT2D eigenvalue weighted by atomic mass is 79.9. The first-order valence-corrected chi connectivity index (χ1v) is 7.25. The van der Waals surface area contributed by atoms with Gasteiger partial charge in [-0.3, -0.25) is 0 Å². The predicted molar refractivity (Wildman–Crippen MR) is 72.1 cm³/mol. The monoisotopic (exact) mass is 307 g/mol. The van der Waals surface area contributed by atoms with Gasteiger partial charge in [0, 0.05) is 0 Å². The summed E-state index contributed by atoms with van der Waals surface area (Å²) in [5, 5.41) is 0. The smallest absolute Gasteiger partial charge is 0.144 e. The average molecular weight is 308 g/mol. The highest BCUT2D eigenvalue weighted by molar-refractivity contribution is 9.11. The average Bonchev–Trinajstić information content (AvgIpc) is 2.50. The van der Waals surface area contributed by atoms with Crippen molar-refractivity contribution in [2.24, 2.45) is 4.40 Å². The van der Waals surface area contributed by atoms with Crippen LogP contribution >= 0.6 is 27.3 Å². The summed E-state index contributed by atoms with van der Waals surface area (Å²) in [6.45, 7) is 7.65. The molecule has 0 aromatic carbocycles. The van der Waals surface area contributed by atoms with Crippen molar-refractivity contribution in [2.75, 3.05) is 0 Å². The molecule has 1 aromatic rings. The molecule has 0 aliphatic carbocycles. The van der Waals surface area contributed by atoms with E-state index in [1.54, 1.807) is 11.3 Å². The summed E-state index contributed by atoms with van der Waals surface area (Å²) in [4.78, 5) is 1.06. The van der Waals surface area contributed by atoms with Gasteiger partial charge < -0.3 is 4.55 Å². The highest BCUT2D eigenvalue weighted by Gasteiger charge is 2.26. The van der Waals surface area contributed by atoms with Crippen LogP contribution in [0.15, 0.2) is 20.3 Å². The molecule has 5 heteroatoms. The molecule has 0 fully saturated rings. The van der Waals surface area contributed by atoms with Crippen molar-refractivity contribution >= 4 is 44.3 Å². The van der Waals surface area contributed by atoms with Crippen LogP contribution in [0.2, 0.25) is 0 Å². The summed E-state index contributed by atoms with van der Waals surface area (Å²) in [6, 6.07) is 3.95. The Bertz CT molecular complexity index is 368. The Morgan fingerprint density at radius 2 is 2.07 bits per heavy atom. The van der Waals surface area contributed by atoms with Crippen LogP contribution in [0.4, 0.5) is 0 Å². The summed E-state index contributed by atoms with van der Waals surface area (Å²) in [5.41, 5.74) is 0.832. The molecule has 84 valence electrons. The van der Waals surface area contributed by atoms with Crippen molar-refractivity contribution in [3.63, 3.8) is 0 Å². The lowest BCUT2D eigenvalue weighted by molar-refractivity contribution is 0.561. The van der Waals surface area contributed by atoms with E-state index in [-0.39, 0.29) is 4.75 Å². The molecule has 1 heterocycles. The van der Waals surface area contributed by atoms with E-state index in [0.717, 1.165) is 14.4 Å². The second-order valence-electron chi connectivity index (χ2n) is 4.14. The Balaban J connectivity index is 2.85. The van der Waals surface area contributed by atoms with E-state index in [0.29, 0.717) is 0 Å². The molecule has 0 bridgehead atoms. The van der Waals surface area contributed by atoms with Gasteiger partial charge in [-0.15, -0.1) is 11.3 Å². The molecule has 0 aliphatic rings. The fourth-order valence-corrected chi connectivity index (χ4v) is 2.82. The fourth-order valence-electron chi connectivity index (χ4n) is 0.815. The largest absolute Gasteiger partial charge is 0.591 e. The topological polar surface area (TPSA) is 35.4 Å². The summed E-state index contributed by atoms with van der Waals surface area (Å²) < 4.78 is 16.7. The number of rotatable bonds is 2. The van der Waals surface area contributed by atoms with Crippen LogP contribution in [0.1, 0.15) is 32.6 Å². The van der Waals surface area contributed by atoms with Crippen molar-refractivity contribution in [2.45, 2.75) is 32.4 Å². The van der Waals surface area contributed by atoms with Crippen LogP contribution in [0.3, 0.4) is 0 Å². The Morgan fingerprint density at radius 1 is 1.47 bits per heavy atom. The predicted octanol–water partition coefficient (Wildman–Crippen LogP) is 3.78. The first kappa shape index (κ1) is 13.2. The minimum atomic E-state index is -1.18. The summed E-state index contributed by atoms with van der Waals surface area (Å²) >= 11 is 3.81. The molecule has 0 N–H and O–H groups in total. The maximum absolute atomic E-state index is 11.8. The number of hydrogen-bond acceptors (Lipinski definition) is 3. The van der Waals surface area contributed by atoms with Crippen LogP contribution < -0.4 is 0 Å². The maximum Gasteiger partial charge on any atom is 0.144 e. The highest BCUT2D eigenvalue weighted by Crippen LogP contribution is 2.24. The zero-order chi connectivity index (χ0) is 11.6. The standard InChI is InChI=1S/C10H14BrNOS2/c1-7(8-5-6-9(11)14-8)12-15(13)10(2,3)4/h5-6H,1-4H3/t15-/m1/s1. The molecule has 0 saturated heterocycles.